The first-order chi connectivity index (χ1) is 8.78. The Labute approximate surface area is 105 Å². The zero-order valence-corrected chi connectivity index (χ0v) is 10.1. The maximum Gasteiger partial charge on any atom is 0.239 e. The molecule has 94 valence electrons. The second-order valence-corrected chi connectivity index (χ2v) is 3.83. The van der Waals surface area contributed by atoms with Crippen LogP contribution in [0.2, 0.25) is 0 Å². The average Bonchev–Trinajstić information content (AvgIpc) is 2.78. The van der Waals surface area contributed by atoms with Crippen LogP contribution in [0.1, 0.15) is 5.56 Å². The highest BCUT2D eigenvalue weighted by Gasteiger charge is 2.03. The Hall–Kier alpha value is -2.21. The number of pyridine rings is 1. The van der Waals surface area contributed by atoms with Crippen LogP contribution in [0.3, 0.4) is 0 Å². The van der Waals surface area contributed by atoms with Gasteiger partial charge in [0.1, 0.15) is 0 Å². The fraction of sp³-hybridized carbons (Fsp3) is 0.250. The van der Waals surface area contributed by atoms with Crippen molar-refractivity contribution >= 4 is 11.7 Å². The molecule has 0 spiro atoms. The van der Waals surface area contributed by atoms with Crippen LogP contribution in [0.15, 0.2) is 36.8 Å². The highest BCUT2D eigenvalue weighted by Crippen LogP contribution is 2.05. The third-order valence-electron chi connectivity index (χ3n) is 2.34. The van der Waals surface area contributed by atoms with Gasteiger partial charge >= 0.3 is 0 Å². The van der Waals surface area contributed by atoms with Gasteiger partial charge in [-0.2, -0.15) is 5.10 Å². The Balaban J connectivity index is 1.96. The molecule has 1 amide bonds. The van der Waals surface area contributed by atoms with E-state index < -0.39 is 0 Å². The molecule has 0 radical (unpaired) electrons. The van der Waals surface area contributed by atoms with Crippen molar-refractivity contribution in [3.8, 4) is 0 Å². The van der Waals surface area contributed by atoms with Gasteiger partial charge in [-0.3, -0.25) is 14.5 Å². The van der Waals surface area contributed by atoms with E-state index in [1.54, 1.807) is 30.2 Å². The van der Waals surface area contributed by atoms with Crippen molar-refractivity contribution in [2.45, 2.75) is 6.54 Å². The summed E-state index contributed by atoms with van der Waals surface area (Å²) >= 11 is 0. The molecule has 0 aliphatic carbocycles. The number of anilines is 1. The zero-order valence-electron chi connectivity index (χ0n) is 10.1. The summed E-state index contributed by atoms with van der Waals surface area (Å²) in [5, 5.41) is 9.75. The number of nitrogens with one attached hydrogen (secondary N) is 2. The largest absolute Gasteiger partial charge is 0.311 e. The molecule has 0 atom stereocenters. The van der Waals surface area contributed by atoms with Gasteiger partial charge in [-0.05, 0) is 24.7 Å². The van der Waals surface area contributed by atoms with Crippen LogP contribution in [0.4, 0.5) is 5.82 Å². The molecule has 2 aromatic heterocycles. The number of hydrogen-bond acceptors (Lipinski definition) is 4. The van der Waals surface area contributed by atoms with E-state index in [2.05, 4.69) is 20.7 Å². The maximum atomic E-state index is 11.3. The molecule has 6 nitrogen and oxygen atoms in total. The van der Waals surface area contributed by atoms with E-state index in [9.17, 15) is 4.79 Å². The second-order valence-electron chi connectivity index (χ2n) is 3.83. The minimum atomic E-state index is -0.105. The molecule has 0 bridgehead atoms. The number of rotatable bonds is 5. The van der Waals surface area contributed by atoms with Crippen molar-refractivity contribution in [3.63, 3.8) is 0 Å². The molecule has 2 heterocycles. The molecule has 6 heteroatoms. The first kappa shape index (κ1) is 12.3. The van der Waals surface area contributed by atoms with Crippen LogP contribution in [0, 0.1) is 0 Å². The highest BCUT2D eigenvalue weighted by atomic mass is 16.2. The third-order valence-corrected chi connectivity index (χ3v) is 2.34. The van der Waals surface area contributed by atoms with Gasteiger partial charge in [0, 0.05) is 24.7 Å². The molecule has 0 fully saturated rings. The van der Waals surface area contributed by atoms with Crippen LogP contribution >= 0.6 is 0 Å². The molecule has 2 N–H and O–H groups in total. The molecular weight excluding hydrogens is 230 g/mol. The molecule has 0 aliphatic rings. The van der Waals surface area contributed by atoms with E-state index in [1.807, 2.05) is 18.3 Å². The van der Waals surface area contributed by atoms with Crippen molar-refractivity contribution in [3.05, 3.63) is 42.4 Å². The van der Waals surface area contributed by atoms with Gasteiger partial charge < -0.3 is 10.6 Å². The van der Waals surface area contributed by atoms with Crippen LogP contribution in [0.25, 0.3) is 0 Å². The number of amides is 1. The number of carbonyl (C=O) groups excluding carboxylic acids is 1. The summed E-state index contributed by atoms with van der Waals surface area (Å²) in [7, 11) is 1.72. The molecule has 0 aliphatic heterocycles. The fourth-order valence-electron chi connectivity index (χ4n) is 1.54. The lowest BCUT2D eigenvalue weighted by Gasteiger charge is -2.02. The molecule has 0 unspecified atom stereocenters. The number of carbonyl (C=O) groups is 1. The number of likely N-dealkylation sites (N-methyl/N-ethyl adjacent to an activating group) is 1. The molecular formula is C12H15N5O. The van der Waals surface area contributed by atoms with Gasteiger partial charge in [0.05, 0.1) is 13.1 Å². The van der Waals surface area contributed by atoms with Gasteiger partial charge in [0.25, 0.3) is 0 Å². The topological polar surface area (TPSA) is 71.8 Å². The van der Waals surface area contributed by atoms with Crippen molar-refractivity contribution in [2.75, 3.05) is 18.9 Å². The minimum absolute atomic E-state index is 0.105. The van der Waals surface area contributed by atoms with Gasteiger partial charge in [0.15, 0.2) is 5.82 Å². The molecule has 0 saturated heterocycles. The van der Waals surface area contributed by atoms with E-state index in [-0.39, 0.29) is 12.5 Å². The monoisotopic (exact) mass is 245 g/mol. The zero-order chi connectivity index (χ0) is 12.8. The molecule has 18 heavy (non-hydrogen) atoms. The Morgan fingerprint density at radius 1 is 1.33 bits per heavy atom. The van der Waals surface area contributed by atoms with Gasteiger partial charge in [-0.15, -0.1) is 0 Å². The van der Waals surface area contributed by atoms with Crippen LogP contribution < -0.4 is 10.6 Å². The summed E-state index contributed by atoms with van der Waals surface area (Å²) in [5.41, 5.74) is 1.11. The van der Waals surface area contributed by atoms with E-state index in [0.29, 0.717) is 12.4 Å². The van der Waals surface area contributed by atoms with Gasteiger partial charge in [0.2, 0.25) is 5.91 Å². The lowest BCUT2D eigenvalue weighted by Crippen LogP contribution is -2.25. The number of nitrogens with zero attached hydrogens (tertiary/aromatic N) is 3. The number of hydrogen-bond donors (Lipinski definition) is 2. The van der Waals surface area contributed by atoms with E-state index in [4.69, 9.17) is 0 Å². The summed E-state index contributed by atoms with van der Waals surface area (Å²) in [6.07, 6.45) is 5.32. The fourth-order valence-corrected chi connectivity index (χ4v) is 1.54. The summed E-state index contributed by atoms with van der Waals surface area (Å²) in [6, 6.07) is 5.64. The lowest BCUT2D eigenvalue weighted by atomic mass is 10.3. The first-order valence-corrected chi connectivity index (χ1v) is 5.65. The van der Waals surface area contributed by atoms with Crippen LogP contribution in [0.5, 0.6) is 0 Å². The normalized spacial score (nSPS) is 10.3. The highest BCUT2D eigenvalue weighted by molar-refractivity contribution is 5.91. The molecule has 0 saturated carbocycles. The minimum Gasteiger partial charge on any atom is -0.311 e. The Morgan fingerprint density at radius 2 is 2.11 bits per heavy atom. The standard InChI is InChI=1S/C12H15N5O/c1-13-8-12(18)15-11-4-7-17(16-11)9-10-2-5-14-6-3-10/h2-7,13H,8-9H2,1H3,(H,15,16,18). The Morgan fingerprint density at radius 3 is 2.83 bits per heavy atom. The van der Waals surface area contributed by atoms with E-state index >= 15 is 0 Å². The van der Waals surface area contributed by atoms with Gasteiger partial charge in [-0.1, -0.05) is 0 Å². The predicted octanol–water partition coefficient (Wildman–Crippen LogP) is 0.484. The van der Waals surface area contributed by atoms with Crippen LogP contribution in [-0.4, -0.2) is 34.3 Å². The Bertz CT molecular complexity index is 508. The van der Waals surface area contributed by atoms with E-state index in [0.717, 1.165) is 5.56 Å². The number of aromatic nitrogens is 3. The second kappa shape index (κ2) is 5.92. The summed E-state index contributed by atoms with van der Waals surface area (Å²) in [4.78, 5) is 15.3. The predicted molar refractivity (Wildman–Crippen MR) is 68.1 cm³/mol. The van der Waals surface area contributed by atoms with Crippen LogP contribution in [-0.2, 0) is 11.3 Å². The summed E-state index contributed by atoms with van der Waals surface area (Å²) in [5.74, 6) is 0.455. The lowest BCUT2D eigenvalue weighted by molar-refractivity contribution is -0.115. The Kier molecular flexibility index (Phi) is 4.03. The SMILES string of the molecule is CNCC(=O)Nc1ccn(Cc2ccncc2)n1. The van der Waals surface area contributed by atoms with Crippen molar-refractivity contribution < 1.29 is 4.79 Å². The summed E-state index contributed by atoms with van der Waals surface area (Å²) in [6.45, 7) is 0.932. The molecule has 2 rings (SSSR count). The van der Waals surface area contributed by atoms with E-state index in [1.165, 1.54) is 0 Å². The first-order valence-electron chi connectivity index (χ1n) is 5.65. The third kappa shape index (κ3) is 3.39. The average molecular weight is 245 g/mol. The quantitative estimate of drug-likeness (QED) is 0.804. The smallest absolute Gasteiger partial charge is 0.239 e. The molecule has 0 aromatic carbocycles. The maximum absolute atomic E-state index is 11.3. The van der Waals surface area contributed by atoms with Crippen molar-refractivity contribution in [1.29, 1.82) is 0 Å². The summed E-state index contributed by atoms with van der Waals surface area (Å²) < 4.78 is 1.77. The van der Waals surface area contributed by atoms with Gasteiger partial charge in [-0.25, -0.2) is 0 Å². The van der Waals surface area contributed by atoms with Crippen molar-refractivity contribution in [1.82, 2.24) is 20.1 Å². The molecule has 2 aromatic rings. The van der Waals surface area contributed by atoms with Crippen molar-refractivity contribution in [2.24, 2.45) is 0 Å².